The van der Waals surface area contributed by atoms with Crippen LogP contribution in [0.15, 0.2) is 34.2 Å². The first-order valence-electron chi connectivity index (χ1n) is 9.84. The van der Waals surface area contributed by atoms with Gasteiger partial charge in [-0.25, -0.2) is 4.39 Å². The lowest BCUT2D eigenvalue weighted by Crippen LogP contribution is -2.38. The molecule has 1 heterocycles. The Labute approximate surface area is 189 Å². The number of guanidine groups is 1. The topological polar surface area (TPSA) is 54.9 Å². The SMILES string of the molecule is CCNC(=NCCCSc1ccc(F)cc1)NCCCOCC1CCOC1.I. The second-order valence-electron chi connectivity index (χ2n) is 6.50. The molecule has 0 bridgehead atoms. The Morgan fingerprint density at radius 1 is 1.29 bits per heavy atom. The van der Waals surface area contributed by atoms with Gasteiger partial charge in [-0.3, -0.25) is 4.99 Å². The normalized spacial score (nSPS) is 16.6. The summed E-state index contributed by atoms with van der Waals surface area (Å²) in [6.45, 7) is 7.80. The molecule has 1 saturated heterocycles. The lowest BCUT2D eigenvalue weighted by molar-refractivity contribution is 0.0888. The summed E-state index contributed by atoms with van der Waals surface area (Å²) in [7, 11) is 0. The van der Waals surface area contributed by atoms with Crippen LogP contribution < -0.4 is 10.6 Å². The fraction of sp³-hybridized carbons (Fsp3) is 0.650. The van der Waals surface area contributed by atoms with Crippen molar-refractivity contribution in [2.24, 2.45) is 10.9 Å². The predicted molar refractivity (Wildman–Crippen MR) is 125 cm³/mol. The zero-order chi connectivity index (χ0) is 19.2. The molecule has 1 unspecified atom stereocenters. The third-order valence-corrected chi connectivity index (χ3v) is 5.23. The quantitative estimate of drug-likeness (QED) is 0.143. The molecule has 2 N–H and O–H groups in total. The summed E-state index contributed by atoms with van der Waals surface area (Å²) in [6.07, 6.45) is 3.05. The number of aliphatic imine (C=N–C) groups is 1. The Hall–Kier alpha value is -0.580. The number of hydrogen-bond donors (Lipinski definition) is 2. The maximum absolute atomic E-state index is 12.9. The monoisotopic (exact) mass is 525 g/mol. The van der Waals surface area contributed by atoms with Gasteiger partial charge in [-0.05, 0) is 56.2 Å². The lowest BCUT2D eigenvalue weighted by Gasteiger charge is -2.12. The molecule has 2 rings (SSSR count). The second kappa shape index (κ2) is 16.2. The summed E-state index contributed by atoms with van der Waals surface area (Å²) in [5.41, 5.74) is 0. The van der Waals surface area contributed by atoms with E-state index in [-0.39, 0.29) is 29.8 Å². The van der Waals surface area contributed by atoms with Gasteiger partial charge in [0.2, 0.25) is 0 Å². The van der Waals surface area contributed by atoms with Crippen LogP contribution >= 0.6 is 35.7 Å². The van der Waals surface area contributed by atoms with Gasteiger partial charge >= 0.3 is 0 Å². The molecule has 1 atom stereocenters. The van der Waals surface area contributed by atoms with E-state index in [2.05, 4.69) is 22.5 Å². The molecule has 1 aromatic rings. The molecule has 1 fully saturated rings. The largest absolute Gasteiger partial charge is 0.381 e. The highest BCUT2D eigenvalue weighted by Gasteiger charge is 2.15. The highest BCUT2D eigenvalue weighted by atomic mass is 127. The Kier molecular flexibility index (Phi) is 14.8. The summed E-state index contributed by atoms with van der Waals surface area (Å²) in [4.78, 5) is 5.70. The third-order valence-electron chi connectivity index (χ3n) is 4.13. The predicted octanol–water partition coefficient (Wildman–Crippen LogP) is 3.92. The maximum Gasteiger partial charge on any atom is 0.191 e. The highest BCUT2D eigenvalue weighted by molar-refractivity contribution is 14.0. The van der Waals surface area contributed by atoms with Gasteiger partial charge in [0.15, 0.2) is 5.96 Å². The van der Waals surface area contributed by atoms with E-state index >= 15 is 0 Å². The summed E-state index contributed by atoms with van der Waals surface area (Å²) in [5, 5.41) is 6.62. The van der Waals surface area contributed by atoms with Crippen LogP contribution in [0.1, 0.15) is 26.2 Å². The van der Waals surface area contributed by atoms with E-state index in [9.17, 15) is 4.39 Å². The first-order valence-corrected chi connectivity index (χ1v) is 10.8. The highest BCUT2D eigenvalue weighted by Crippen LogP contribution is 2.18. The Morgan fingerprint density at radius 3 is 2.82 bits per heavy atom. The zero-order valence-corrected chi connectivity index (χ0v) is 19.8. The van der Waals surface area contributed by atoms with E-state index in [1.807, 2.05) is 12.1 Å². The van der Waals surface area contributed by atoms with Crippen molar-refractivity contribution in [2.45, 2.75) is 31.1 Å². The number of benzene rings is 1. The number of thioether (sulfide) groups is 1. The molecule has 0 radical (unpaired) electrons. The van der Waals surface area contributed by atoms with Gasteiger partial charge in [0.05, 0.1) is 13.2 Å². The van der Waals surface area contributed by atoms with E-state index in [1.54, 1.807) is 11.8 Å². The van der Waals surface area contributed by atoms with Crippen LogP contribution in [0.5, 0.6) is 0 Å². The van der Waals surface area contributed by atoms with Crippen molar-refractivity contribution in [2.75, 3.05) is 51.8 Å². The van der Waals surface area contributed by atoms with E-state index in [1.165, 1.54) is 12.1 Å². The standard InChI is InChI=1S/C20H32FN3O2S.HI/c1-2-22-20(23-10-3-12-25-15-17-9-13-26-16-17)24-11-4-14-27-19-7-5-18(21)6-8-19;/h5-8,17H,2-4,9-16H2,1H3,(H2,22,23,24);1H. The summed E-state index contributed by atoms with van der Waals surface area (Å²) in [6, 6.07) is 6.63. The van der Waals surface area contributed by atoms with Crippen molar-refractivity contribution < 1.29 is 13.9 Å². The molecule has 0 amide bonds. The molecule has 0 spiro atoms. The lowest BCUT2D eigenvalue weighted by atomic mass is 10.1. The molecule has 1 aliphatic heterocycles. The number of nitrogens with zero attached hydrogens (tertiary/aromatic N) is 1. The van der Waals surface area contributed by atoms with E-state index < -0.39 is 0 Å². The van der Waals surface area contributed by atoms with Crippen LogP contribution in [-0.4, -0.2) is 57.8 Å². The molecule has 28 heavy (non-hydrogen) atoms. The van der Waals surface area contributed by atoms with Gasteiger partial charge in [0.1, 0.15) is 5.82 Å². The van der Waals surface area contributed by atoms with Gasteiger partial charge in [-0.15, -0.1) is 35.7 Å². The number of nitrogens with one attached hydrogen (secondary N) is 2. The Bertz CT molecular complexity index is 543. The molecule has 0 aliphatic carbocycles. The van der Waals surface area contributed by atoms with Crippen LogP contribution in [0.4, 0.5) is 4.39 Å². The number of hydrogen-bond acceptors (Lipinski definition) is 4. The second-order valence-corrected chi connectivity index (χ2v) is 7.67. The van der Waals surface area contributed by atoms with Crippen molar-refractivity contribution in [3.8, 4) is 0 Å². The van der Waals surface area contributed by atoms with Crippen molar-refractivity contribution in [3.63, 3.8) is 0 Å². The Morgan fingerprint density at radius 2 is 2.11 bits per heavy atom. The van der Waals surface area contributed by atoms with Gasteiger partial charge in [-0.2, -0.15) is 0 Å². The van der Waals surface area contributed by atoms with Gasteiger partial charge < -0.3 is 20.1 Å². The first kappa shape index (κ1) is 25.5. The van der Waals surface area contributed by atoms with Crippen molar-refractivity contribution in [3.05, 3.63) is 30.1 Å². The van der Waals surface area contributed by atoms with Gasteiger partial charge in [-0.1, -0.05) is 0 Å². The van der Waals surface area contributed by atoms with E-state index in [0.717, 1.165) is 81.9 Å². The number of halogens is 2. The molecule has 5 nitrogen and oxygen atoms in total. The molecule has 0 saturated carbocycles. The van der Waals surface area contributed by atoms with Gasteiger partial charge in [0, 0.05) is 43.7 Å². The summed E-state index contributed by atoms with van der Waals surface area (Å²) >= 11 is 1.73. The van der Waals surface area contributed by atoms with Crippen LogP contribution in [0.2, 0.25) is 0 Å². The fourth-order valence-corrected chi connectivity index (χ4v) is 3.50. The zero-order valence-electron chi connectivity index (χ0n) is 16.6. The molecule has 1 aromatic carbocycles. The van der Waals surface area contributed by atoms with E-state index in [0.29, 0.717) is 5.92 Å². The third kappa shape index (κ3) is 11.4. The fourth-order valence-electron chi connectivity index (χ4n) is 2.66. The Balaban J connectivity index is 0.00000392. The van der Waals surface area contributed by atoms with Crippen molar-refractivity contribution >= 4 is 41.7 Å². The minimum atomic E-state index is -0.191. The van der Waals surface area contributed by atoms with Crippen LogP contribution in [0.3, 0.4) is 0 Å². The molecule has 1 aliphatic rings. The number of rotatable bonds is 12. The van der Waals surface area contributed by atoms with Crippen LogP contribution in [-0.2, 0) is 9.47 Å². The average molecular weight is 525 g/mol. The van der Waals surface area contributed by atoms with Gasteiger partial charge in [0.25, 0.3) is 0 Å². The molecular weight excluding hydrogens is 492 g/mol. The van der Waals surface area contributed by atoms with Crippen molar-refractivity contribution in [1.29, 1.82) is 0 Å². The van der Waals surface area contributed by atoms with E-state index in [4.69, 9.17) is 9.47 Å². The van der Waals surface area contributed by atoms with Crippen molar-refractivity contribution in [1.82, 2.24) is 10.6 Å². The average Bonchev–Trinajstić information content (AvgIpc) is 3.19. The minimum Gasteiger partial charge on any atom is -0.381 e. The number of ether oxygens (including phenoxy) is 2. The first-order chi connectivity index (χ1) is 13.3. The molecule has 8 heteroatoms. The molecular formula is C20H33FIN3O2S. The molecule has 160 valence electrons. The van der Waals surface area contributed by atoms with Crippen LogP contribution in [0, 0.1) is 11.7 Å². The minimum absolute atomic E-state index is 0. The summed E-state index contributed by atoms with van der Waals surface area (Å²) in [5.74, 6) is 2.20. The maximum atomic E-state index is 12.9. The molecule has 0 aromatic heterocycles. The smallest absolute Gasteiger partial charge is 0.191 e. The van der Waals surface area contributed by atoms with Crippen LogP contribution in [0.25, 0.3) is 0 Å². The summed E-state index contributed by atoms with van der Waals surface area (Å²) < 4.78 is 23.9.